The lowest BCUT2D eigenvalue weighted by Gasteiger charge is -2.04. The molecule has 118 valence electrons. The van der Waals surface area contributed by atoms with Crippen molar-refractivity contribution in [1.82, 2.24) is 5.43 Å². The van der Waals surface area contributed by atoms with E-state index in [9.17, 15) is 20.0 Å². The lowest BCUT2D eigenvalue weighted by Crippen LogP contribution is -2.18. The van der Waals surface area contributed by atoms with Crippen LogP contribution >= 0.6 is 0 Å². The topological polar surface area (TPSA) is 114 Å². The lowest BCUT2D eigenvalue weighted by atomic mass is 10.1. The van der Waals surface area contributed by atoms with Crippen LogP contribution in [-0.4, -0.2) is 29.3 Å². The Labute approximate surface area is 131 Å². The van der Waals surface area contributed by atoms with Crippen molar-refractivity contribution in [3.63, 3.8) is 0 Å². The van der Waals surface area contributed by atoms with Crippen LogP contribution < -0.4 is 10.2 Å². The van der Waals surface area contributed by atoms with Crippen molar-refractivity contribution in [2.75, 3.05) is 7.11 Å². The summed E-state index contributed by atoms with van der Waals surface area (Å²) in [4.78, 5) is 22.0. The van der Waals surface area contributed by atoms with Crippen molar-refractivity contribution in [1.29, 1.82) is 0 Å². The molecule has 0 aromatic heterocycles. The number of carbonyl (C=O) groups excluding carboxylic acids is 1. The number of nitrogens with zero attached hydrogens (tertiary/aromatic N) is 2. The molecule has 2 rings (SSSR count). The normalized spacial score (nSPS) is 10.5. The number of methoxy groups -OCH3 is 1. The molecule has 0 saturated heterocycles. The molecule has 8 nitrogen and oxygen atoms in total. The van der Waals surface area contributed by atoms with E-state index in [2.05, 4.69) is 10.5 Å². The third-order valence-corrected chi connectivity index (χ3v) is 2.94. The van der Waals surface area contributed by atoms with Gasteiger partial charge >= 0.3 is 0 Å². The minimum absolute atomic E-state index is 0.239. The number of hydrazone groups is 1. The Bertz CT molecular complexity index is 773. The largest absolute Gasteiger partial charge is 0.507 e. The van der Waals surface area contributed by atoms with E-state index in [0.717, 1.165) is 18.2 Å². The van der Waals surface area contributed by atoms with Gasteiger partial charge in [0.25, 0.3) is 11.6 Å². The molecule has 0 spiro atoms. The number of nitro groups is 1. The Morgan fingerprint density at radius 2 is 2.09 bits per heavy atom. The fourth-order valence-electron chi connectivity index (χ4n) is 1.81. The fraction of sp³-hybridized carbons (Fsp3) is 0.0667. The molecule has 2 aromatic rings. The van der Waals surface area contributed by atoms with Gasteiger partial charge in [-0.3, -0.25) is 14.9 Å². The van der Waals surface area contributed by atoms with E-state index in [1.165, 1.54) is 13.3 Å². The van der Waals surface area contributed by atoms with Crippen LogP contribution in [0, 0.1) is 10.1 Å². The number of carbonyl (C=O) groups is 1. The second kappa shape index (κ2) is 7.03. The first-order valence-electron chi connectivity index (χ1n) is 6.46. The van der Waals surface area contributed by atoms with Crippen LogP contribution in [0.3, 0.4) is 0 Å². The summed E-state index contributed by atoms with van der Waals surface area (Å²) >= 11 is 0. The number of rotatable bonds is 5. The van der Waals surface area contributed by atoms with E-state index < -0.39 is 10.8 Å². The van der Waals surface area contributed by atoms with Crippen molar-refractivity contribution in [2.45, 2.75) is 0 Å². The van der Waals surface area contributed by atoms with Crippen LogP contribution in [0.5, 0.6) is 11.5 Å². The highest BCUT2D eigenvalue weighted by Gasteiger charge is 2.16. The second-order valence-corrected chi connectivity index (χ2v) is 4.40. The summed E-state index contributed by atoms with van der Waals surface area (Å²) in [5.41, 5.74) is 2.29. The SMILES string of the molecule is COc1ccccc1/C=N/NC(=O)c1cc([N+](=O)[O-])ccc1O. The highest BCUT2D eigenvalue weighted by molar-refractivity contribution is 5.98. The number of nitrogens with one attached hydrogen (secondary N) is 1. The van der Waals surface area contributed by atoms with E-state index in [-0.39, 0.29) is 17.0 Å². The molecular weight excluding hydrogens is 302 g/mol. The molecule has 0 heterocycles. The molecule has 0 radical (unpaired) electrons. The molecule has 0 fully saturated rings. The van der Waals surface area contributed by atoms with Gasteiger partial charge in [0.2, 0.25) is 0 Å². The fourth-order valence-corrected chi connectivity index (χ4v) is 1.81. The van der Waals surface area contributed by atoms with Crippen molar-refractivity contribution in [2.24, 2.45) is 5.10 Å². The minimum Gasteiger partial charge on any atom is -0.507 e. The molecule has 2 aromatic carbocycles. The maximum atomic E-state index is 11.9. The molecule has 2 N–H and O–H groups in total. The van der Waals surface area contributed by atoms with Crippen LogP contribution in [0.4, 0.5) is 5.69 Å². The summed E-state index contributed by atoms with van der Waals surface area (Å²) in [6.45, 7) is 0. The lowest BCUT2D eigenvalue weighted by molar-refractivity contribution is -0.384. The molecule has 0 bridgehead atoms. The van der Waals surface area contributed by atoms with E-state index in [1.807, 2.05) is 0 Å². The molecule has 23 heavy (non-hydrogen) atoms. The highest BCUT2D eigenvalue weighted by Crippen LogP contribution is 2.22. The van der Waals surface area contributed by atoms with E-state index in [0.29, 0.717) is 11.3 Å². The van der Waals surface area contributed by atoms with Crippen molar-refractivity contribution < 1.29 is 19.6 Å². The molecule has 0 unspecified atom stereocenters. The van der Waals surface area contributed by atoms with Gasteiger partial charge in [-0.25, -0.2) is 5.43 Å². The Morgan fingerprint density at radius 3 is 2.78 bits per heavy atom. The van der Waals surface area contributed by atoms with Gasteiger partial charge in [-0.1, -0.05) is 12.1 Å². The van der Waals surface area contributed by atoms with Gasteiger partial charge < -0.3 is 9.84 Å². The zero-order valence-corrected chi connectivity index (χ0v) is 12.1. The summed E-state index contributed by atoms with van der Waals surface area (Å²) in [6.07, 6.45) is 1.37. The molecule has 0 saturated carbocycles. The van der Waals surface area contributed by atoms with Gasteiger partial charge in [0.05, 0.1) is 23.8 Å². The number of aromatic hydroxyl groups is 1. The average molecular weight is 315 g/mol. The predicted molar refractivity (Wildman–Crippen MR) is 82.8 cm³/mol. The second-order valence-electron chi connectivity index (χ2n) is 4.40. The van der Waals surface area contributed by atoms with Gasteiger partial charge in [0, 0.05) is 17.7 Å². The number of hydrogen-bond acceptors (Lipinski definition) is 6. The monoisotopic (exact) mass is 315 g/mol. The molecule has 8 heteroatoms. The van der Waals surface area contributed by atoms with E-state index in [1.54, 1.807) is 24.3 Å². The number of hydrogen-bond donors (Lipinski definition) is 2. The summed E-state index contributed by atoms with van der Waals surface area (Å²) < 4.78 is 5.13. The summed E-state index contributed by atoms with van der Waals surface area (Å²) in [7, 11) is 1.51. The van der Waals surface area contributed by atoms with Gasteiger partial charge in [-0.05, 0) is 18.2 Å². The highest BCUT2D eigenvalue weighted by atomic mass is 16.6. The van der Waals surface area contributed by atoms with Crippen LogP contribution in [0.25, 0.3) is 0 Å². The molecule has 0 aliphatic rings. The molecule has 0 aliphatic heterocycles. The number of ether oxygens (including phenoxy) is 1. The molecular formula is C15H13N3O5. The van der Waals surface area contributed by atoms with Crippen molar-refractivity contribution in [3.05, 3.63) is 63.7 Å². The third kappa shape index (κ3) is 3.82. The van der Waals surface area contributed by atoms with E-state index in [4.69, 9.17) is 4.74 Å². The smallest absolute Gasteiger partial charge is 0.275 e. The first-order valence-corrected chi connectivity index (χ1v) is 6.46. The van der Waals surface area contributed by atoms with E-state index >= 15 is 0 Å². The number of para-hydroxylation sites is 1. The zero-order valence-electron chi connectivity index (χ0n) is 12.1. The zero-order chi connectivity index (χ0) is 16.8. The third-order valence-electron chi connectivity index (χ3n) is 2.94. The minimum atomic E-state index is -0.766. The Morgan fingerprint density at radius 1 is 1.35 bits per heavy atom. The average Bonchev–Trinajstić information content (AvgIpc) is 2.55. The Kier molecular flexibility index (Phi) is 4.88. The van der Waals surface area contributed by atoms with Crippen LogP contribution in [0.1, 0.15) is 15.9 Å². The number of phenolic OH excluding ortho intramolecular Hbond substituents is 1. The Hall–Kier alpha value is -3.42. The number of nitro benzene ring substituents is 1. The van der Waals surface area contributed by atoms with Crippen molar-refractivity contribution in [3.8, 4) is 11.5 Å². The predicted octanol–water partition coefficient (Wildman–Crippen LogP) is 2.07. The van der Waals surface area contributed by atoms with Gasteiger partial charge in [0.1, 0.15) is 11.5 Å². The first kappa shape index (κ1) is 16.0. The van der Waals surface area contributed by atoms with Gasteiger partial charge in [0.15, 0.2) is 0 Å². The van der Waals surface area contributed by atoms with Gasteiger partial charge in [-0.2, -0.15) is 5.10 Å². The van der Waals surface area contributed by atoms with Crippen LogP contribution in [0.15, 0.2) is 47.6 Å². The van der Waals surface area contributed by atoms with Crippen molar-refractivity contribution >= 4 is 17.8 Å². The standard InChI is InChI=1S/C15H13N3O5/c1-23-14-5-3-2-4-10(14)9-16-17-15(20)12-8-11(18(21)22)6-7-13(12)19/h2-9,19H,1H3,(H,17,20)/b16-9+. The number of non-ortho nitro benzene ring substituents is 1. The molecule has 0 atom stereocenters. The van der Waals surface area contributed by atoms with Gasteiger partial charge in [-0.15, -0.1) is 0 Å². The maximum absolute atomic E-state index is 11.9. The molecule has 1 amide bonds. The maximum Gasteiger partial charge on any atom is 0.275 e. The Balaban J connectivity index is 2.15. The number of amides is 1. The van der Waals surface area contributed by atoms with Crippen LogP contribution in [-0.2, 0) is 0 Å². The van der Waals surface area contributed by atoms with Crippen LogP contribution in [0.2, 0.25) is 0 Å². The number of phenols is 1. The quantitative estimate of drug-likeness (QED) is 0.498. The summed E-state index contributed by atoms with van der Waals surface area (Å²) in [6, 6.07) is 10.2. The summed E-state index contributed by atoms with van der Waals surface area (Å²) in [5.74, 6) is -0.568. The molecule has 0 aliphatic carbocycles. The summed E-state index contributed by atoms with van der Waals surface area (Å²) in [5, 5.41) is 24.1. The number of benzene rings is 2. The first-order chi connectivity index (χ1) is 11.0.